The Morgan fingerprint density at radius 2 is 1.96 bits per heavy atom. The zero-order chi connectivity index (χ0) is 17.6. The smallest absolute Gasteiger partial charge is 0.407 e. The lowest BCUT2D eigenvalue weighted by Crippen LogP contribution is -2.51. The van der Waals surface area contributed by atoms with Gasteiger partial charge < -0.3 is 25.4 Å². The molecule has 0 aliphatic carbocycles. The predicted octanol–water partition coefficient (Wildman–Crippen LogP) is 0.674. The first-order valence-electron chi connectivity index (χ1n) is 8.68. The van der Waals surface area contributed by atoms with E-state index < -0.39 is 11.7 Å². The van der Waals surface area contributed by atoms with Gasteiger partial charge in [-0.15, -0.1) is 0 Å². The molecular formula is C16H30N4O4. The second-order valence-corrected chi connectivity index (χ2v) is 7.31. The lowest BCUT2D eigenvalue weighted by Gasteiger charge is -2.35. The van der Waals surface area contributed by atoms with Gasteiger partial charge in [0.05, 0.1) is 12.7 Å². The molecular weight excluding hydrogens is 312 g/mol. The summed E-state index contributed by atoms with van der Waals surface area (Å²) in [4.78, 5) is 25.6. The summed E-state index contributed by atoms with van der Waals surface area (Å²) in [7, 11) is 0. The highest BCUT2D eigenvalue weighted by molar-refractivity contribution is 5.74. The van der Waals surface area contributed by atoms with Crippen molar-refractivity contribution >= 4 is 12.1 Å². The van der Waals surface area contributed by atoms with Crippen LogP contribution in [0.1, 0.15) is 33.6 Å². The zero-order valence-electron chi connectivity index (χ0n) is 14.9. The van der Waals surface area contributed by atoms with Gasteiger partial charge in [0.2, 0.25) is 0 Å². The van der Waals surface area contributed by atoms with E-state index in [1.807, 2.05) is 0 Å². The number of fused-ring (bicyclic) bond motifs is 1. The van der Waals surface area contributed by atoms with Crippen LogP contribution in [0.4, 0.5) is 9.59 Å². The van der Waals surface area contributed by atoms with Crippen molar-refractivity contribution in [3.8, 4) is 0 Å². The number of hydrogen-bond acceptors (Lipinski definition) is 5. The number of morpholine rings is 1. The number of alkyl carbamates (subject to hydrolysis) is 1. The van der Waals surface area contributed by atoms with Crippen LogP contribution in [-0.2, 0) is 9.47 Å². The lowest BCUT2D eigenvalue weighted by molar-refractivity contribution is -0.0457. The summed E-state index contributed by atoms with van der Waals surface area (Å²) in [6.07, 6.45) is 2.01. The van der Waals surface area contributed by atoms with Gasteiger partial charge in [0.1, 0.15) is 5.60 Å². The molecule has 0 bridgehead atoms. The monoisotopic (exact) mass is 342 g/mol. The van der Waals surface area contributed by atoms with Crippen LogP contribution in [0.2, 0.25) is 0 Å². The SMILES string of the molecule is CC(C)(C)OC(=O)NCCNC(=O)NC[C@H]1CN2CCC[C@H]2CO1. The summed E-state index contributed by atoms with van der Waals surface area (Å²) in [5, 5.41) is 8.10. The Morgan fingerprint density at radius 3 is 2.71 bits per heavy atom. The molecule has 2 aliphatic rings. The quantitative estimate of drug-likeness (QED) is 0.639. The van der Waals surface area contributed by atoms with E-state index in [1.165, 1.54) is 12.8 Å². The molecule has 2 heterocycles. The molecule has 0 saturated carbocycles. The Labute approximate surface area is 143 Å². The Morgan fingerprint density at radius 1 is 1.21 bits per heavy atom. The first-order valence-corrected chi connectivity index (χ1v) is 8.68. The molecule has 2 atom stereocenters. The molecule has 0 aromatic heterocycles. The molecule has 0 spiro atoms. The van der Waals surface area contributed by atoms with E-state index in [0.29, 0.717) is 25.7 Å². The third kappa shape index (κ3) is 6.52. The minimum Gasteiger partial charge on any atom is -0.444 e. The molecule has 24 heavy (non-hydrogen) atoms. The Balaban J connectivity index is 1.52. The summed E-state index contributed by atoms with van der Waals surface area (Å²) in [5.41, 5.74) is -0.525. The summed E-state index contributed by atoms with van der Waals surface area (Å²) in [6, 6.07) is 0.308. The third-order valence-electron chi connectivity index (χ3n) is 4.03. The van der Waals surface area contributed by atoms with Gasteiger partial charge >= 0.3 is 12.1 Å². The van der Waals surface area contributed by atoms with Crippen molar-refractivity contribution in [3.63, 3.8) is 0 Å². The summed E-state index contributed by atoms with van der Waals surface area (Å²) in [6.45, 7) is 9.32. The van der Waals surface area contributed by atoms with Crippen molar-refractivity contribution in [1.29, 1.82) is 0 Å². The van der Waals surface area contributed by atoms with Gasteiger partial charge in [0.15, 0.2) is 0 Å². The maximum absolute atomic E-state index is 11.8. The average molecular weight is 342 g/mol. The molecule has 0 aromatic carbocycles. The normalized spacial score (nSPS) is 24.1. The van der Waals surface area contributed by atoms with Crippen LogP contribution in [0.15, 0.2) is 0 Å². The van der Waals surface area contributed by atoms with E-state index in [1.54, 1.807) is 20.8 Å². The maximum atomic E-state index is 11.8. The van der Waals surface area contributed by atoms with Gasteiger partial charge in [0.25, 0.3) is 0 Å². The van der Waals surface area contributed by atoms with Crippen molar-refractivity contribution in [2.45, 2.75) is 51.4 Å². The van der Waals surface area contributed by atoms with Gasteiger partial charge in [-0.1, -0.05) is 0 Å². The van der Waals surface area contributed by atoms with Crippen molar-refractivity contribution in [2.24, 2.45) is 0 Å². The van der Waals surface area contributed by atoms with Crippen LogP contribution in [0.5, 0.6) is 0 Å². The number of ether oxygens (including phenoxy) is 2. The number of nitrogens with one attached hydrogen (secondary N) is 3. The number of rotatable bonds is 5. The number of carbonyl (C=O) groups excluding carboxylic acids is 2. The number of hydrogen-bond donors (Lipinski definition) is 3. The second-order valence-electron chi connectivity index (χ2n) is 7.31. The van der Waals surface area contributed by atoms with Crippen LogP contribution >= 0.6 is 0 Å². The molecule has 8 nitrogen and oxygen atoms in total. The minimum atomic E-state index is -0.525. The van der Waals surface area contributed by atoms with Crippen LogP contribution in [0.25, 0.3) is 0 Å². The minimum absolute atomic E-state index is 0.0463. The van der Waals surface area contributed by atoms with E-state index in [-0.39, 0.29) is 12.1 Å². The molecule has 8 heteroatoms. The number of carbonyl (C=O) groups is 2. The first kappa shape index (κ1) is 18.8. The highest BCUT2D eigenvalue weighted by Gasteiger charge is 2.32. The van der Waals surface area contributed by atoms with Crippen molar-refractivity contribution in [3.05, 3.63) is 0 Å². The number of amides is 3. The molecule has 2 saturated heterocycles. The lowest BCUT2D eigenvalue weighted by atomic mass is 10.2. The van der Waals surface area contributed by atoms with Crippen LogP contribution < -0.4 is 16.0 Å². The van der Waals surface area contributed by atoms with E-state index in [4.69, 9.17) is 9.47 Å². The zero-order valence-corrected chi connectivity index (χ0v) is 14.9. The third-order valence-corrected chi connectivity index (χ3v) is 4.03. The molecule has 2 fully saturated rings. The molecule has 0 radical (unpaired) electrons. The number of urea groups is 1. The first-order chi connectivity index (χ1) is 11.3. The topological polar surface area (TPSA) is 91.9 Å². The van der Waals surface area contributed by atoms with Gasteiger partial charge in [-0.2, -0.15) is 0 Å². The summed E-state index contributed by atoms with van der Waals surface area (Å²) < 4.78 is 10.9. The van der Waals surface area contributed by atoms with Crippen molar-refractivity contribution < 1.29 is 19.1 Å². The summed E-state index contributed by atoms with van der Waals surface area (Å²) >= 11 is 0. The Hall–Kier alpha value is -1.54. The van der Waals surface area contributed by atoms with Crippen LogP contribution in [-0.4, -0.2) is 74.1 Å². The van der Waals surface area contributed by atoms with Gasteiger partial charge in [-0.25, -0.2) is 9.59 Å². The fourth-order valence-corrected chi connectivity index (χ4v) is 2.93. The van der Waals surface area contributed by atoms with Crippen LogP contribution in [0, 0.1) is 0 Å². The Bertz CT molecular complexity index is 438. The van der Waals surface area contributed by atoms with Crippen molar-refractivity contribution in [1.82, 2.24) is 20.9 Å². The second kappa shape index (κ2) is 8.53. The number of nitrogens with zero attached hydrogens (tertiary/aromatic N) is 1. The molecule has 3 amide bonds. The van der Waals surface area contributed by atoms with E-state index in [9.17, 15) is 9.59 Å². The predicted molar refractivity (Wildman–Crippen MR) is 90.0 cm³/mol. The van der Waals surface area contributed by atoms with Gasteiger partial charge in [0, 0.05) is 32.2 Å². The fourth-order valence-electron chi connectivity index (χ4n) is 2.93. The molecule has 3 N–H and O–H groups in total. The molecule has 2 rings (SSSR count). The van der Waals surface area contributed by atoms with Crippen LogP contribution in [0.3, 0.4) is 0 Å². The standard InChI is InChI=1S/C16H30N4O4/c1-16(2,3)24-15(22)18-7-6-17-14(21)19-9-13-10-20-8-4-5-12(20)11-23-13/h12-13H,4-11H2,1-3H3,(H,18,22)(H2,17,19,21)/t12-,13-/m0/s1. The average Bonchev–Trinajstić information content (AvgIpc) is 2.95. The summed E-state index contributed by atoms with van der Waals surface area (Å²) in [5.74, 6) is 0. The molecule has 0 unspecified atom stereocenters. The van der Waals surface area contributed by atoms with Crippen molar-refractivity contribution in [2.75, 3.05) is 39.3 Å². The van der Waals surface area contributed by atoms with E-state index >= 15 is 0 Å². The maximum Gasteiger partial charge on any atom is 0.407 e. The molecule has 138 valence electrons. The highest BCUT2D eigenvalue weighted by atomic mass is 16.6. The van der Waals surface area contributed by atoms with Gasteiger partial charge in [-0.3, -0.25) is 4.90 Å². The fraction of sp³-hybridized carbons (Fsp3) is 0.875. The molecule has 0 aromatic rings. The van der Waals surface area contributed by atoms with E-state index in [0.717, 1.165) is 19.7 Å². The van der Waals surface area contributed by atoms with E-state index in [2.05, 4.69) is 20.9 Å². The van der Waals surface area contributed by atoms with Gasteiger partial charge in [-0.05, 0) is 40.2 Å². The largest absolute Gasteiger partial charge is 0.444 e. The Kier molecular flexibility index (Phi) is 6.68. The molecule has 2 aliphatic heterocycles. The highest BCUT2D eigenvalue weighted by Crippen LogP contribution is 2.22.